The lowest BCUT2D eigenvalue weighted by Crippen LogP contribution is -2.45. The SMILES string of the molecule is COC1CCN(C2CCOCC2)CC1. The van der Waals surface area contributed by atoms with Crippen LogP contribution in [0.4, 0.5) is 0 Å². The topological polar surface area (TPSA) is 21.7 Å². The Bertz CT molecular complexity index is 161. The van der Waals surface area contributed by atoms with Crippen LogP contribution in [-0.2, 0) is 9.47 Å². The zero-order valence-electron chi connectivity index (χ0n) is 9.08. The van der Waals surface area contributed by atoms with Crippen molar-refractivity contribution in [3.8, 4) is 0 Å². The number of hydrogen-bond donors (Lipinski definition) is 0. The molecule has 0 aromatic carbocycles. The van der Waals surface area contributed by atoms with Gasteiger partial charge in [-0.15, -0.1) is 0 Å². The molecule has 0 atom stereocenters. The standard InChI is InChI=1S/C11H21NO2/c1-13-11-2-6-12(7-3-11)10-4-8-14-9-5-10/h10-11H,2-9H2,1H3. The second-order valence-electron chi connectivity index (χ2n) is 4.31. The Morgan fingerprint density at radius 2 is 1.71 bits per heavy atom. The van der Waals surface area contributed by atoms with Gasteiger partial charge in [0.1, 0.15) is 0 Å². The minimum absolute atomic E-state index is 0.506. The summed E-state index contributed by atoms with van der Waals surface area (Å²) in [6, 6.07) is 0.779. The lowest BCUT2D eigenvalue weighted by molar-refractivity contribution is -0.00679. The van der Waals surface area contributed by atoms with E-state index in [1.165, 1.54) is 38.8 Å². The molecule has 0 unspecified atom stereocenters. The summed E-state index contributed by atoms with van der Waals surface area (Å²) in [6.07, 6.45) is 5.35. The molecule has 2 aliphatic rings. The van der Waals surface area contributed by atoms with Gasteiger partial charge in [0.2, 0.25) is 0 Å². The van der Waals surface area contributed by atoms with Crippen LogP contribution in [0.25, 0.3) is 0 Å². The number of piperidine rings is 1. The molecule has 0 aromatic rings. The summed E-state index contributed by atoms with van der Waals surface area (Å²) in [5, 5.41) is 0. The van der Waals surface area contributed by atoms with Crippen molar-refractivity contribution < 1.29 is 9.47 Å². The highest BCUT2D eigenvalue weighted by Crippen LogP contribution is 2.20. The third-order valence-corrected chi connectivity index (χ3v) is 3.52. The largest absolute Gasteiger partial charge is 0.381 e. The van der Waals surface area contributed by atoms with E-state index in [4.69, 9.17) is 9.47 Å². The van der Waals surface area contributed by atoms with Crippen LogP contribution < -0.4 is 0 Å². The van der Waals surface area contributed by atoms with E-state index in [-0.39, 0.29) is 0 Å². The zero-order valence-corrected chi connectivity index (χ0v) is 9.08. The van der Waals surface area contributed by atoms with Crippen LogP contribution >= 0.6 is 0 Å². The predicted molar refractivity (Wildman–Crippen MR) is 55.4 cm³/mol. The quantitative estimate of drug-likeness (QED) is 0.668. The van der Waals surface area contributed by atoms with E-state index < -0.39 is 0 Å². The van der Waals surface area contributed by atoms with E-state index in [1.807, 2.05) is 7.11 Å². The summed E-state index contributed by atoms with van der Waals surface area (Å²) in [5.41, 5.74) is 0. The Labute approximate surface area is 86.4 Å². The summed E-state index contributed by atoms with van der Waals surface area (Å²) in [5.74, 6) is 0. The van der Waals surface area contributed by atoms with Crippen molar-refractivity contribution >= 4 is 0 Å². The Balaban J connectivity index is 1.76. The normalized spacial score (nSPS) is 28.1. The van der Waals surface area contributed by atoms with E-state index in [1.54, 1.807) is 0 Å². The number of nitrogens with zero attached hydrogens (tertiary/aromatic N) is 1. The van der Waals surface area contributed by atoms with Gasteiger partial charge in [-0.2, -0.15) is 0 Å². The van der Waals surface area contributed by atoms with E-state index in [2.05, 4.69) is 4.90 Å². The van der Waals surface area contributed by atoms with Gasteiger partial charge in [0.05, 0.1) is 6.10 Å². The first-order valence-corrected chi connectivity index (χ1v) is 5.74. The van der Waals surface area contributed by atoms with E-state index in [0.717, 1.165) is 19.3 Å². The summed E-state index contributed by atoms with van der Waals surface area (Å²) in [6.45, 7) is 4.33. The number of ether oxygens (including phenoxy) is 2. The minimum Gasteiger partial charge on any atom is -0.381 e. The number of methoxy groups -OCH3 is 1. The van der Waals surface area contributed by atoms with Gasteiger partial charge in [-0.05, 0) is 25.7 Å². The fraction of sp³-hybridized carbons (Fsp3) is 1.00. The maximum atomic E-state index is 5.38. The van der Waals surface area contributed by atoms with E-state index in [0.29, 0.717) is 6.10 Å². The maximum Gasteiger partial charge on any atom is 0.0595 e. The van der Waals surface area contributed by atoms with Gasteiger partial charge in [-0.3, -0.25) is 0 Å². The molecular weight excluding hydrogens is 178 g/mol. The molecule has 0 radical (unpaired) electrons. The van der Waals surface area contributed by atoms with Gasteiger partial charge in [0.25, 0.3) is 0 Å². The predicted octanol–water partition coefficient (Wildman–Crippen LogP) is 1.28. The summed E-state index contributed by atoms with van der Waals surface area (Å²) in [7, 11) is 1.83. The van der Waals surface area contributed by atoms with Crippen molar-refractivity contribution in [3.05, 3.63) is 0 Å². The van der Waals surface area contributed by atoms with Crippen molar-refractivity contribution in [3.63, 3.8) is 0 Å². The molecule has 3 nitrogen and oxygen atoms in total. The summed E-state index contributed by atoms with van der Waals surface area (Å²) in [4.78, 5) is 2.62. The number of likely N-dealkylation sites (tertiary alicyclic amines) is 1. The van der Waals surface area contributed by atoms with Gasteiger partial charge >= 0.3 is 0 Å². The molecule has 0 aromatic heterocycles. The fourth-order valence-corrected chi connectivity index (χ4v) is 2.53. The number of rotatable bonds is 2. The van der Waals surface area contributed by atoms with Crippen LogP contribution in [-0.4, -0.2) is 50.5 Å². The minimum atomic E-state index is 0.506. The molecule has 14 heavy (non-hydrogen) atoms. The lowest BCUT2D eigenvalue weighted by Gasteiger charge is -2.38. The van der Waals surface area contributed by atoms with Gasteiger partial charge in [-0.25, -0.2) is 0 Å². The molecule has 0 amide bonds. The molecule has 0 spiro atoms. The fourth-order valence-electron chi connectivity index (χ4n) is 2.53. The molecule has 82 valence electrons. The van der Waals surface area contributed by atoms with Gasteiger partial charge < -0.3 is 14.4 Å². The molecule has 2 aliphatic heterocycles. The van der Waals surface area contributed by atoms with Crippen LogP contribution in [0.15, 0.2) is 0 Å². The van der Waals surface area contributed by atoms with Crippen LogP contribution in [0.1, 0.15) is 25.7 Å². The first kappa shape index (κ1) is 10.4. The Kier molecular flexibility index (Phi) is 3.79. The Morgan fingerprint density at radius 1 is 1.07 bits per heavy atom. The van der Waals surface area contributed by atoms with Crippen molar-refractivity contribution in [2.75, 3.05) is 33.4 Å². The second kappa shape index (κ2) is 5.10. The van der Waals surface area contributed by atoms with Crippen LogP contribution in [0.3, 0.4) is 0 Å². The van der Waals surface area contributed by atoms with Gasteiger partial charge in [-0.1, -0.05) is 0 Å². The third kappa shape index (κ3) is 2.47. The second-order valence-corrected chi connectivity index (χ2v) is 4.31. The summed E-state index contributed by atoms with van der Waals surface area (Å²) < 4.78 is 10.8. The molecule has 0 saturated carbocycles. The molecule has 2 rings (SSSR count). The molecule has 0 bridgehead atoms. The van der Waals surface area contributed by atoms with Crippen molar-refractivity contribution in [1.82, 2.24) is 4.90 Å². The molecule has 2 saturated heterocycles. The highest BCUT2D eigenvalue weighted by Gasteiger charge is 2.25. The van der Waals surface area contributed by atoms with Gasteiger partial charge in [0.15, 0.2) is 0 Å². The van der Waals surface area contributed by atoms with Crippen LogP contribution in [0, 0.1) is 0 Å². The van der Waals surface area contributed by atoms with Crippen LogP contribution in [0.5, 0.6) is 0 Å². The highest BCUT2D eigenvalue weighted by molar-refractivity contribution is 4.80. The van der Waals surface area contributed by atoms with Crippen LogP contribution in [0.2, 0.25) is 0 Å². The Morgan fingerprint density at radius 3 is 2.29 bits per heavy atom. The molecule has 2 fully saturated rings. The Hall–Kier alpha value is -0.120. The zero-order chi connectivity index (χ0) is 9.80. The van der Waals surface area contributed by atoms with Gasteiger partial charge in [0, 0.05) is 39.5 Å². The average molecular weight is 199 g/mol. The first-order chi connectivity index (χ1) is 6.90. The maximum absolute atomic E-state index is 5.38. The smallest absolute Gasteiger partial charge is 0.0595 e. The lowest BCUT2D eigenvalue weighted by atomic mass is 10.0. The number of hydrogen-bond acceptors (Lipinski definition) is 3. The highest BCUT2D eigenvalue weighted by atomic mass is 16.5. The van der Waals surface area contributed by atoms with Crippen molar-refractivity contribution in [2.24, 2.45) is 0 Å². The molecule has 0 N–H and O–H groups in total. The van der Waals surface area contributed by atoms with Crippen molar-refractivity contribution in [2.45, 2.75) is 37.8 Å². The first-order valence-electron chi connectivity index (χ1n) is 5.74. The van der Waals surface area contributed by atoms with E-state index in [9.17, 15) is 0 Å². The molecular formula is C11H21NO2. The summed E-state index contributed by atoms with van der Waals surface area (Å²) >= 11 is 0. The van der Waals surface area contributed by atoms with Crippen molar-refractivity contribution in [1.29, 1.82) is 0 Å². The molecule has 3 heteroatoms. The average Bonchev–Trinajstić information content (AvgIpc) is 2.30. The third-order valence-electron chi connectivity index (χ3n) is 3.52. The van der Waals surface area contributed by atoms with E-state index >= 15 is 0 Å². The monoisotopic (exact) mass is 199 g/mol. The molecule has 0 aliphatic carbocycles. The molecule has 2 heterocycles.